The summed E-state index contributed by atoms with van der Waals surface area (Å²) in [6.07, 6.45) is 4.61. The molecule has 1 unspecified atom stereocenters. The van der Waals surface area contributed by atoms with Crippen LogP contribution in [0.4, 0.5) is 0 Å². The van der Waals surface area contributed by atoms with Crippen LogP contribution < -0.4 is 14.2 Å². The summed E-state index contributed by atoms with van der Waals surface area (Å²) in [6.45, 7) is 0. The number of carbonyl (C=O) groups is 1. The van der Waals surface area contributed by atoms with E-state index in [1.165, 1.54) is 11.8 Å². The van der Waals surface area contributed by atoms with Gasteiger partial charge in [-0.15, -0.1) is 10.2 Å². The fourth-order valence-corrected chi connectivity index (χ4v) is 3.94. The van der Waals surface area contributed by atoms with Crippen molar-refractivity contribution in [1.82, 2.24) is 10.2 Å². The lowest BCUT2D eigenvalue weighted by molar-refractivity contribution is -0.118. The van der Waals surface area contributed by atoms with E-state index in [1.54, 1.807) is 33.5 Å². The second-order valence-electron chi connectivity index (χ2n) is 5.96. The highest BCUT2D eigenvalue weighted by atomic mass is 32.2. The number of benzene rings is 1. The number of hydrogen-bond donors (Lipinski definition) is 0. The Kier molecular flexibility index (Phi) is 6.03. The van der Waals surface area contributed by atoms with Gasteiger partial charge in [0, 0.05) is 12.0 Å². The number of ether oxygens (including phenoxy) is 3. The number of hydrogen-bond acceptors (Lipinski definition) is 8. The molecule has 8 heteroatoms. The highest BCUT2D eigenvalue weighted by molar-refractivity contribution is 8.00. The number of nitrogens with zero attached hydrogens (tertiary/aromatic N) is 2. The van der Waals surface area contributed by atoms with Crippen LogP contribution >= 0.6 is 11.8 Å². The van der Waals surface area contributed by atoms with E-state index in [0.717, 1.165) is 25.7 Å². The lowest BCUT2D eigenvalue weighted by Crippen LogP contribution is -2.14. The maximum Gasteiger partial charge on any atom is 0.277 e. The summed E-state index contributed by atoms with van der Waals surface area (Å²) in [5.41, 5.74) is 0.658. The predicted octanol–water partition coefficient (Wildman–Crippen LogP) is 3.76. The van der Waals surface area contributed by atoms with Gasteiger partial charge in [-0.05, 0) is 25.0 Å². The Morgan fingerprint density at radius 3 is 2.42 bits per heavy atom. The zero-order chi connectivity index (χ0) is 18.5. The second-order valence-corrected chi connectivity index (χ2v) is 7.11. The first-order valence-corrected chi connectivity index (χ1v) is 9.37. The predicted molar refractivity (Wildman–Crippen MR) is 97.1 cm³/mol. The van der Waals surface area contributed by atoms with Crippen molar-refractivity contribution in [2.24, 2.45) is 0 Å². The van der Waals surface area contributed by atoms with Crippen molar-refractivity contribution < 1.29 is 23.4 Å². The Morgan fingerprint density at radius 1 is 1.04 bits per heavy atom. The molecule has 0 amide bonds. The smallest absolute Gasteiger partial charge is 0.277 e. The molecule has 26 heavy (non-hydrogen) atoms. The number of methoxy groups -OCH3 is 3. The van der Waals surface area contributed by atoms with Crippen molar-refractivity contribution in [2.75, 3.05) is 21.3 Å². The van der Waals surface area contributed by atoms with E-state index in [1.807, 2.05) is 0 Å². The Morgan fingerprint density at radius 2 is 1.77 bits per heavy atom. The molecule has 1 fully saturated rings. The van der Waals surface area contributed by atoms with Crippen LogP contribution in [0.3, 0.4) is 0 Å². The summed E-state index contributed by atoms with van der Waals surface area (Å²) >= 11 is 1.35. The molecule has 1 aromatic carbocycles. The molecule has 7 nitrogen and oxygen atoms in total. The molecule has 2 aromatic rings. The summed E-state index contributed by atoms with van der Waals surface area (Å²) in [5, 5.41) is 8.48. The number of rotatable bonds is 6. The normalized spacial score (nSPS) is 17.7. The van der Waals surface area contributed by atoms with E-state index in [-0.39, 0.29) is 11.0 Å². The maximum absolute atomic E-state index is 12.2. The van der Waals surface area contributed by atoms with Gasteiger partial charge in [-0.2, -0.15) is 0 Å². The number of thioether (sulfide) groups is 1. The van der Waals surface area contributed by atoms with Crippen LogP contribution in [0, 0.1) is 0 Å². The van der Waals surface area contributed by atoms with Crippen LogP contribution in [0.25, 0.3) is 11.5 Å². The maximum atomic E-state index is 12.2. The van der Waals surface area contributed by atoms with Crippen LogP contribution in [-0.2, 0) is 4.79 Å². The lowest BCUT2D eigenvalue weighted by atomic mass is 10.2. The molecule has 0 spiro atoms. The van der Waals surface area contributed by atoms with Crippen molar-refractivity contribution in [3.05, 3.63) is 12.1 Å². The van der Waals surface area contributed by atoms with Gasteiger partial charge in [-0.25, -0.2) is 0 Å². The van der Waals surface area contributed by atoms with Crippen LogP contribution in [-0.4, -0.2) is 42.6 Å². The standard InChI is InChI=1S/C18H22N2O5S/c1-22-13-9-11(10-14(23-2)16(13)24-3)17-19-20-18(25-17)26-15-8-6-4-5-7-12(15)21/h9-10,15H,4-8H2,1-3H3. The molecular weight excluding hydrogens is 356 g/mol. The molecule has 1 atom stereocenters. The molecule has 0 bridgehead atoms. The van der Waals surface area contributed by atoms with E-state index in [4.69, 9.17) is 18.6 Å². The first-order chi connectivity index (χ1) is 12.7. The van der Waals surface area contributed by atoms with Crippen LogP contribution in [0.15, 0.2) is 21.8 Å². The van der Waals surface area contributed by atoms with Gasteiger partial charge in [-0.3, -0.25) is 4.79 Å². The van der Waals surface area contributed by atoms with Crippen molar-refractivity contribution in [1.29, 1.82) is 0 Å². The largest absolute Gasteiger partial charge is 0.493 e. The third-order valence-corrected chi connectivity index (χ3v) is 5.46. The molecule has 3 rings (SSSR count). The molecular formula is C18H22N2O5S. The molecule has 0 saturated heterocycles. The van der Waals surface area contributed by atoms with Crippen LogP contribution in [0.2, 0.25) is 0 Å². The lowest BCUT2D eigenvalue weighted by Gasteiger charge is -2.12. The highest BCUT2D eigenvalue weighted by Crippen LogP contribution is 2.41. The van der Waals surface area contributed by atoms with Gasteiger partial charge < -0.3 is 18.6 Å². The molecule has 1 heterocycles. The van der Waals surface area contributed by atoms with Gasteiger partial charge in [0.15, 0.2) is 11.5 Å². The summed E-state index contributed by atoms with van der Waals surface area (Å²) in [5.74, 6) is 2.12. The minimum atomic E-state index is -0.106. The van der Waals surface area contributed by atoms with E-state index < -0.39 is 0 Å². The zero-order valence-corrected chi connectivity index (χ0v) is 15.9. The summed E-state index contributed by atoms with van der Waals surface area (Å²) in [6, 6.07) is 3.50. The average Bonchev–Trinajstić information content (AvgIpc) is 3.04. The quantitative estimate of drug-likeness (QED) is 0.703. The first-order valence-electron chi connectivity index (χ1n) is 8.49. The number of Topliss-reactive ketones (excluding diaryl/α,β-unsaturated/α-hetero) is 1. The van der Waals surface area contributed by atoms with E-state index in [0.29, 0.717) is 40.3 Å². The molecule has 0 N–H and O–H groups in total. The monoisotopic (exact) mass is 378 g/mol. The molecule has 1 aliphatic rings. The summed E-state index contributed by atoms with van der Waals surface area (Å²) in [4.78, 5) is 12.2. The minimum absolute atomic E-state index is 0.106. The molecule has 1 aromatic heterocycles. The van der Waals surface area contributed by atoms with Crippen LogP contribution in [0.5, 0.6) is 17.2 Å². The topological polar surface area (TPSA) is 83.7 Å². The minimum Gasteiger partial charge on any atom is -0.493 e. The van der Waals surface area contributed by atoms with Gasteiger partial charge in [0.2, 0.25) is 11.6 Å². The van der Waals surface area contributed by atoms with E-state index >= 15 is 0 Å². The summed E-state index contributed by atoms with van der Waals surface area (Å²) in [7, 11) is 4.65. The Hall–Kier alpha value is -2.22. The molecule has 1 aliphatic carbocycles. The summed E-state index contributed by atoms with van der Waals surface area (Å²) < 4.78 is 21.8. The third-order valence-electron chi connectivity index (χ3n) is 4.31. The second kappa shape index (κ2) is 8.44. The SMILES string of the molecule is COc1cc(-c2nnc(SC3CCCCCC3=O)o2)cc(OC)c1OC. The van der Waals surface area contributed by atoms with Gasteiger partial charge in [0.25, 0.3) is 5.22 Å². The van der Waals surface area contributed by atoms with Crippen molar-refractivity contribution in [3.63, 3.8) is 0 Å². The van der Waals surface area contributed by atoms with Crippen molar-refractivity contribution >= 4 is 17.5 Å². The van der Waals surface area contributed by atoms with Gasteiger partial charge >= 0.3 is 0 Å². The Bertz CT molecular complexity index is 752. The molecule has 140 valence electrons. The first kappa shape index (κ1) is 18.6. The molecule has 0 aliphatic heterocycles. The Balaban J connectivity index is 1.84. The van der Waals surface area contributed by atoms with Gasteiger partial charge in [0.05, 0.1) is 26.6 Å². The molecule has 0 radical (unpaired) electrons. The zero-order valence-electron chi connectivity index (χ0n) is 15.1. The number of aromatic nitrogens is 2. The highest BCUT2D eigenvalue weighted by Gasteiger charge is 2.25. The van der Waals surface area contributed by atoms with Crippen molar-refractivity contribution in [2.45, 2.75) is 42.6 Å². The number of ketones is 1. The molecule has 1 saturated carbocycles. The van der Waals surface area contributed by atoms with Gasteiger partial charge in [-0.1, -0.05) is 24.6 Å². The fourth-order valence-electron chi connectivity index (χ4n) is 2.95. The Labute approximate surface area is 156 Å². The average molecular weight is 378 g/mol. The van der Waals surface area contributed by atoms with E-state index in [9.17, 15) is 4.79 Å². The third kappa shape index (κ3) is 3.95. The van der Waals surface area contributed by atoms with Crippen LogP contribution in [0.1, 0.15) is 32.1 Å². The van der Waals surface area contributed by atoms with E-state index in [2.05, 4.69) is 10.2 Å². The number of carbonyl (C=O) groups excluding carboxylic acids is 1. The fraction of sp³-hybridized carbons (Fsp3) is 0.500. The van der Waals surface area contributed by atoms with Crippen molar-refractivity contribution in [3.8, 4) is 28.7 Å². The van der Waals surface area contributed by atoms with Gasteiger partial charge in [0.1, 0.15) is 5.78 Å².